The Morgan fingerprint density at radius 2 is 1.73 bits per heavy atom. The fraction of sp³-hybridized carbons (Fsp3) is 0.182. The van der Waals surface area contributed by atoms with Gasteiger partial charge in [-0.1, -0.05) is 65.7 Å². The lowest BCUT2D eigenvalue weighted by Crippen LogP contribution is -2.46. The van der Waals surface area contributed by atoms with E-state index in [2.05, 4.69) is 9.82 Å². The number of nitrogens with one attached hydrogen (secondary N) is 1. The number of hydrogen-bond acceptors (Lipinski definition) is 6. The van der Waals surface area contributed by atoms with Gasteiger partial charge in [-0.3, -0.25) is 9.59 Å². The number of halogens is 2. The molecule has 0 radical (unpaired) electrons. The van der Waals surface area contributed by atoms with Crippen LogP contribution in [0.3, 0.4) is 0 Å². The van der Waals surface area contributed by atoms with Crippen molar-refractivity contribution in [3.8, 4) is 5.69 Å². The van der Waals surface area contributed by atoms with Crippen molar-refractivity contribution in [2.45, 2.75) is 37.8 Å². The first-order chi connectivity index (χ1) is 21.5. The van der Waals surface area contributed by atoms with Gasteiger partial charge in [0.15, 0.2) is 0 Å². The number of hydrogen-bond donors (Lipinski definition) is 2. The number of aromatic nitrogens is 2. The normalized spacial score (nSPS) is 14.8. The number of nitrogens with zero attached hydrogens (tertiary/aromatic N) is 3. The Hall–Kier alpha value is -4.22. The SMILES string of the molecule is Cc1nn(-c2ccc(C(=O)NS(=O)(=O)c3ccc4cccc(Cl)c4c3)cc2C(=O)N2Cc3ccccc3C[C@H]2CO)c(C)c1Cl. The Balaban J connectivity index is 1.39. The lowest BCUT2D eigenvalue weighted by molar-refractivity contribution is 0.0544. The molecule has 0 fully saturated rings. The summed E-state index contributed by atoms with van der Waals surface area (Å²) in [6.07, 6.45) is 0.452. The molecule has 0 saturated carbocycles. The van der Waals surface area contributed by atoms with Crippen molar-refractivity contribution in [3.63, 3.8) is 0 Å². The highest BCUT2D eigenvalue weighted by molar-refractivity contribution is 7.90. The number of sulfonamides is 1. The number of carbonyl (C=O) groups excluding carboxylic acids is 2. The van der Waals surface area contributed by atoms with Gasteiger partial charge in [0.1, 0.15) is 0 Å². The summed E-state index contributed by atoms with van der Waals surface area (Å²) >= 11 is 12.7. The molecule has 1 atom stereocenters. The summed E-state index contributed by atoms with van der Waals surface area (Å²) in [5, 5.41) is 16.8. The van der Waals surface area contributed by atoms with Crippen molar-refractivity contribution < 1.29 is 23.1 Å². The maximum atomic E-state index is 14.3. The molecule has 45 heavy (non-hydrogen) atoms. The van der Waals surface area contributed by atoms with E-state index in [4.69, 9.17) is 23.2 Å². The summed E-state index contributed by atoms with van der Waals surface area (Å²) in [5.41, 5.74) is 3.51. The minimum Gasteiger partial charge on any atom is -0.394 e. The van der Waals surface area contributed by atoms with Crippen LogP contribution >= 0.6 is 23.2 Å². The zero-order valence-electron chi connectivity index (χ0n) is 24.3. The number of aliphatic hydroxyl groups excluding tert-OH is 1. The molecule has 1 aromatic heterocycles. The molecule has 1 aliphatic heterocycles. The second-order valence-electron chi connectivity index (χ2n) is 10.9. The maximum Gasteiger partial charge on any atom is 0.265 e. The largest absolute Gasteiger partial charge is 0.394 e. The average Bonchev–Trinajstić information content (AvgIpc) is 3.30. The number of benzene rings is 4. The molecule has 4 aromatic carbocycles. The first-order valence-corrected chi connectivity index (χ1v) is 16.3. The zero-order chi connectivity index (χ0) is 32.0. The van der Waals surface area contributed by atoms with Crippen molar-refractivity contribution in [1.82, 2.24) is 19.4 Å². The molecule has 230 valence electrons. The van der Waals surface area contributed by atoms with Crippen LogP contribution in [0.25, 0.3) is 16.5 Å². The van der Waals surface area contributed by atoms with Crippen LogP contribution in [-0.2, 0) is 23.0 Å². The van der Waals surface area contributed by atoms with Crippen LogP contribution in [0.2, 0.25) is 10.0 Å². The maximum absolute atomic E-state index is 14.3. The molecule has 0 spiro atoms. The van der Waals surface area contributed by atoms with Gasteiger partial charge in [0, 0.05) is 22.5 Å². The van der Waals surface area contributed by atoms with Crippen LogP contribution in [0.5, 0.6) is 0 Å². The summed E-state index contributed by atoms with van der Waals surface area (Å²) in [7, 11) is -4.31. The number of aryl methyl sites for hydroxylation is 1. The van der Waals surface area contributed by atoms with Crippen molar-refractivity contribution in [1.29, 1.82) is 0 Å². The molecular formula is C33H28Cl2N4O5S. The van der Waals surface area contributed by atoms with E-state index in [0.717, 1.165) is 16.5 Å². The Morgan fingerprint density at radius 1 is 0.978 bits per heavy atom. The molecule has 5 aromatic rings. The zero-order valence-corrected chi connectivity index (χ0v) is 26.6. The molecule has 0 bridgehead atoms. The van der Waals surface area contributed by atoms with Crippen LogP contribution in [0.15, 0.2) is 83.8 Å². The minimum atomic E-state index is -4.31. The molecule has 0 unspecified atom stereocenters. The predicted octanol–water partition coefficient (Wildman–Crippen LogP) is 5.63. The second-order valence-corrected chi connectivity index (χ2v) is 13.4. The van der Waals surface area contributed by atoms with E-state index in [1.807, 2.05) is 24.3 Å². The number of amides is 2. The van der Waals surface area contributed by atoms with E-state index in [-0.39, 0.29) is 29.2 Å². The quantitative estimate of drug-likeness (QED) is 0.243. The van der Waals surface area contributed by atoms with Crippen molar-refractivity contribution >= 4 is 55.8 Å². The molecule has 2 N–H and O–H groups in total. The summed E-state index contributed by atoms with van der Waals surface area (Å²) in [4.78, 5) is 29.2. The fourth-order valence-corrected chi connectivity index (χ4v) is 7.01. The molecule has 2 amide bonds. The second kappa shape index (κ2) is 11.9. The van der Waals surface area contributed by atoms with Gasteiger partial charge >= 0.3 is 0 Å². The van der Waals surface area contributed by atoms with Gasteiger partial charge in [-0.25, -0.2) is 17.8 Å². The van der Waals surface area contributed by atoms with Gasteiger partial charge in [0.2, 0.25) is 0 Å². The minimum absolute atomic E-state index is 0.0601. The third-order valence-electron chi connectivity index (χ3n) is 8.09. The molecule has 0 aliphatic carbocycles. The Bertz CT molecular complexity index is 2110. The Kier molecular flexibility index (Phi) is 8.17. The van der Waals surface area contributed by atoms with Gasteiger partial charge < -0.3 is 10.0 Å². The molecule has 6 rings (SSSR count). The van der Waals surface area contributed by atoms with Gasteiger partial charge in [0.25, 0.3) is 21.8 Å². The summed E-state index contributed by atoms with van der Waals surface area (Å²) in [6.45, 7) is 3.47. The highest BCUT2D eigenvalue weighted by Gasteiger charge is 2.32. The van der Waals surface area contributed by atoms with Crippen molar-refractivity contribution in [2.24, 2.45) is 0 Å². The topological polar surface area (TPSA) is 122 Å². The summed E-state index contributed by atoms with van der Waals surface area (Å²) < 4.78 is 30.2. The van der Waals surface area contributed by atoms with E-state index in [1.54, 1.807) is 43.0 Å². The highest BCUT2D eigenvalue weighted by atomic mass is 35.5. The Labute approximate surface area is 270 Å². The molecular weight excluding hydrogens is 635 g/mol. The fourth-order valence-electron chi connectivity index (χ4n) is 5.66. The molecule has 1 aliphatic rings. The van der Waals surface area contributed by atoms with Crippen LogP contribution in [-0.4, -0.2) is 52.7 Å². The van der Waals surface area contributed by atoms with Crippen molar-refractivity contribution in [2.75, 3.05) is 6.61 Å². The lowest BCUT2D eigenvalue weighted by Gasteiger charge is -2.36. The highest BCUT2D eigenvalue weighted by Crippen LogP contribution is 2.30. The first-order valence-electron chi connectivity index (χ1n) is 14.1. The van der Waals surface area contributed by atoms with E-state index < -0.39 is 27.9 Å². The van der Waals surface area contributed by atoms with Crippen LogP contribution < -0.4 is 4.72 Å². The average molecular weight is 664 g/mol. The standard InChI is InChI=1S/C33H28Cl2N4O5S/c1-19-31(35)20(2)39(36-19)30-13-11-23(15-28(30)33(42)38-17-24-7-4-3-6-22(24)14-25(38)18-40)32(41)37-45(43,44)26-12-10-21-8-5-9-29(34)27(21)16-26/h3-13,15-16,25,40H,14,17-18H2,1-2H3,(H,37,41)/t25-/m0/s1. The molecule has 2 heterocycles. The number of carbonyl (C=O) groups is 2. The first kappa shape index (κ1) is 30.8. The van der Waals surface area contributed by atoms with E-state index in [0.29, 0.717) is 38.9 Å². The van der Waals surface area contributed by atoms with Crippen LogP contribution in [0.1, 0.15) is 43.2 Å². The van der Waals surface area contributed by atoms with Gasteiger partial charge in [-0.2, -0.15) is 5.10 Å². The molecule has 9 nitrogen and oxygen atoms in total. The lowest BCUT2D eigenvalue weighted by atomic mass is 9.93. The van der Waals surface area contributed by atoms with E-state index in [9.17, 15) is 23.1 Å². The number of aliphatic hydroxyl groups is 1. The summed E-state index contributed by atoms with van der Waals surface area (Å²) in [5.74, 6) is -1.38. The monoisotopic (exact) mass is 662 g/mol. The van der Waals surface area contributed by atoms with Crippen LogP contribution in [0, 0.1) is 13.8 Å². The van der Waals surface area contributed by atoms with Crippen molar-refractivity contribution in [3.05, 3.63) is 123 Å². The van der Waals surface area contributed by atoms with Gasteiger partial charge in [0.05, 0.1) is 45.2 Å². The predicted molar refractivity (Wildman–Crippen MR) is 173 cm³/mol. The molecule has 0 saturated heterocycles. The van der Waals surface area contributed by atoms with Gasteiger partial charge in [-0.05, 0) is 73.2 Å². The Morgan fingerprint density at radius 3 is 2.44 bits per heavy atom. The summed E-state index contributed by atoms with van der Waals surface area (Å²) in [6, 6.07) is 21.1. The number of rotatable bonds is 6. The third kappa shape index (κ3) is 5.70. The van der Waals surface area contributed by atoms with E-state index in [1.165, 1.54) is 35.0 Å². The van der Waals surface area contributed by atoms with Crippen LogP contribution in [0.4, 0.5) is 0 Å². The smallest absolute Gasteiger partial charge is 0.265 e. The van der Waals surface area contributed by atoms with E-state index >= 15 is 0 Å². The number of fused-ring (bicyclic) bond motifs is 2. The third-order valence-corrected chi connectivity index (χ3v) is 10.3. The van der Waals surface area contributed by atoms with Gasteiger partial charge in [-0.15, -0.1) is 0 Å². The molecule has 12 heteroatoms.